The fraction of sp³-hybridized carbons (Fsp3) is 0.400. The number of hydrogen-bond donors (Lipinski definition) is 1. The smallest absolute Gasteiger partial charge is 0.206 e. The molecule has 0 aliphatic carbocycles. The molecule has 1 N–H and O–H groups in total. The van der Waals surface area contributed by atoms with E-state index in [0.29, 0.717) is 17.4 Å². The number of nitrogens with zero attached hydrogens (tertiary/aromatic N) is 5. The molecular weight excluding hydrogens is 220 g/mol. The molecule has 2 heterocycles. The molecule has 0 saturated heterocycles. The van der Waals surface area contributed by atoms with Crippen LogP contribution < -0.4 is 10.1 Å². The van der Waals surface area contributed by atoms with E-state index in [1.54, 1.807) is 13.4 Å². The third-order valence-corrected chi connectivity index (χ3v) is 2.17. The first-order chi connectivity index (χ1) is 8.36. The van der Waals surface area contributed by atoms with Gasteiger partial charge < -0.3 is 10.1 Å². The van der Waals surface area contributed by atoms with Crippen LogP contribution in [-0.2, 0) is 0 Å². The van der Waals surface area contributed by atoms with Gasteiger partial charge in [-0.05, 0) is 6.42 Å². The highest BCUT2D eigenvalue weighted by Crippen LogP contribution is 2.26. The Kier molecular flexibility index (Phi) is 3.49. The summed E-state index contributed by atoms with van der Waals surface area (Å²) in [4.78, 5) is 12.2. The molecule has 0 unspecified atom stereocenters. The van der Waals surface area contributed by atoms with Gasteiger partial charge in [-0.15, -0.1) is 0 Å². The van der Waals surface area contributed by atoms with E-state index in [2.05, 4.69) is 32.3 Å². The molecule has 17 heavy (non-hydrogen) atoms. The lowest BCUT2D eigenvalue weighted by Gasteiger charge is -2.11. The van der Waals surface area contributed by atoms with Gasteiger partial charge >= 0.3 is 0 Å². The minimum Gasteiger partial charge on any atom is -0.490 e. The number of anilines is 1. The third-order valence-electron chi connectivity index (χ3n) is 2.17. The topological polar surface area (TPSA) is 77.8 Å². The van der Waals surface area contributed by atoms with Gasteiger partial charge in [-0.1, -0.05) is 6.92 Å². The zero-order chi connectivity index (χ0) is 12.1. The minimum atomic E-state index is 0.562. The Hall–Kier alpha value is -2.18. The molecule has 0 atom stereocenters. The molecule has 0 spiro atoms. The van der Waals surface area contributed by atoms with Crippen LogP contribution in [0.5, 0.6) is 5.75 Å². The maximum absolute atomic E-state index is 5.32. The Balaban J connectivity index is 2.39. The first-order valence-electron chi connectivity index (χ1n) is 5.34. The monoisotopic (exact) mass is 234 g/mol. The van der Waals surface area contributed by atoms with Gasteiger partial charge in [-0.25, -0.2) is 15.0 Å². The van der Waals surface area contributed by atoms with Gasteiger partial charge in [0.1, 0.15) is 19.0 Å². The lowest BCUT2D eigenvalue weighted by molar-refractivity contribution is 0.409. The second kappa shape index (κ2) is 5.24. The highest BCUT2D eigenvalue weighted by Gasteiger charge is 2.13. The largest absolute Gasteiger partial charge is 0.490 e. The van der Waals surface area contributed by atoms with Crippen LogP contribution in [-0.4, -0.2) is 38.4 Å². The predicted octanol–water partition coefficient (Wildman–Crippen LogP) is 0.888. The molecule has 0 amide bonds. The molecule has 2 aromatic heterocycles. The van der Waals surface area contributed by atoms with E-state index in [1.807, 2.05) is 0 Å². The van der Waals surface area contributed by atoms with Gasteiger partial charge in [-0.3, -0.25) is 0 Å². The summed E-state index contributed by atoms with van der Waals surface area (Å²) in [6, 6.07) is 0. The fourth-order valence-electron chi connectivity index (χ4n) is 1.40. The van der Waals surface area contributed by atoms with Gasteiger partial charge in [-0.2, -0.15) is 9.78 Å². The molecule has 0 bridgehead atoms. The summed E-state index contributed by atoms with van der Waals surface area (Å²) in [6.07, 6.45) is 5.48. The lowest BCUT2D eigenvalue weighted by atomic mass is 10.4. The van der Waals surface area contributed by atoms with Crippen molar-refractivity contribution in [2.24, 2.45) is 0 Å². The lowest BCUT2D eigenvalue weighted by Crippen LogP contribution is -2.08. The first kappa shape index (κ1) is 11.3. The van der Waals surface area contributed by atoms with Gasteiger partial charge in [0, 0.05) is 6.54 Å². The van der Waals surface area contributed by atoms with E-state index in [9.17, 15) is 0 Å². The van der Waals surface area contributed by atoms with E-state index in [1.165, 1.54) is 17.3 Å². The van der Waals surface area contributed by atoms with Crippen LogP contribution in [0.4, 0.5) is 5.82 Å². The second-order valence-corrected chi connectivity index (χ2v) is 3.35. The van der Waals surface area contributed by atoms with Crippen molar-refractivity contribution < 1.29 is 4.74 Å². The minimum absolute atomic E-state index is 0.562. The summed E-state index contributed by atoms with van der Waals surface area (Å²) >= 11 is 0. The zero-order valence-corrected chi connectivity index (χ0v) is 9.79. The number of hydrogen-bond acceptors (Lipinski definition) is 6. The van der Waals surface area contributed by atoms with Crippen molar-refractivity contribution in [3.63, 3.8) is 0 Å². The third kappa shape index (κ3) is 2.32. The Bertz CT molecular complexity index is 470. The average molecular weight is 234 g/mol. The average Bonchev–Trinajstić information content (AvgIpc) is 2.89. The number of methoxy groups -OCH3 is 1. The maximum atomic E-state index is 5.32. The standard InChI is InChI=1S/C10H14N6O/c1-3-4-12-9-8(17-2)10(14-6-13-9)16-7-11-5-15-16/h5-7H,3-4H2,1-2H3,(H,12,13,14). The van der Waals surface area contributed by atoms with Crippen LogP contribution in [0.3, 0.4) is 0 Å². The van der Waals surface area contributed by atoms with E-state index in [4.69, 9.17) is 4.74 Å². The zero-order valence-electron chi connectivity index (χ0n) is 9.79. The van der Waals surface area contributed by atoms with Crippen molar-refractivity contribution in [1.82, 2.24) is 24.7 Å². The van der Waals surface area contributed by atoms with Crippen LogP contribution in [0.15, 0.2) is 19.0 Å². The number of ether oxygens (including phenoxy) is 1. The molecule has 0 radical (unpaired) electrons. The van der Waals surface area contributed by atoms with Gasteiger partial charge in [0.25, 0.3) is 0 Å². The van der Waals surface area contributed by atoms with Crippen molar-refractivity contribution in [2.45, 2.75) is 13.3 Å². The highest BCUT2D eigenvalue weighted by molar-refractivity contribution is 5.57. The molecule has 90 valence electrons. The summed E-state index contributed by atoms with van der Waals surface area (Å²) in [7, 11) is 1.58. The van der Waals surface area contributed by atoms with Gasteiger partial charge in [0.05, 0.1) is 7.11 Å². The summed E-state index contributed by atoms with van der Waals surface area (Å²) in [5.41, 5.74) is 0. The van der Waals surface area contributed by atoms with Crippen LogP contribution in [0.25, 0.3) is 5.82 Å². The maximum Gasteiger partial charge on any atom is 0.206 e. The first-order valence-corrected chi connectivity index (χ1v) is 5.34. The summed E-state index contributed by atoms with van der Waals surface area (Å²) in [6.45, 7) is 2.91. The quantitative estimate of drug-likeness (QED) is 0.827. The number of nitrogens with one attached hydrogen (secondary N) is 1. The molecule has 0 saturated carbocycles. The van der Waals surface area contributed by atoms with Gasteiger partial charge in [0.15, 0.2) is 5.82 Å². The number of aromatic nitrogens is 5. The fourth-order valence-corrected chi connectivity index (χ4v) is 1.40. The number of rotatable bonds is 5. The molecule has 2 rings (SSSR count). The Morgan fingerprint density at radius 3 is 2.88 bits per heavy atom. The predicted molar refractivity (Wildman–Crippen MR) is 62.3 cm³/mol. The van der Waals surface area contributed by atoms with Crippen molar-refractivity contribution in [2.75, 3.05) is 19.0 Å². The van der Waals surface area contributed by atoms with Crippen molar-refractivity contribution >= 4 is 5.82 Å². The summed E-state index contributed by atoms with van der Waals surface area (Å²) in [5.74, 6) is 1.79. The van der Waals surface area contributed by atoms with Crippen LogP contribution in [0, 0.1) is 0 Å². The van der Waals surface area contributed by atoms with E-state index in [-0.39, 0.29) is 0 Å². The van der Waals surface area contributed by atoms with Crippen molar-refractivity contribution in [3.8, 4) is 11.6 Å². The molecule has 0 aromatic carbocycles. The molecule has 0 fully saturated rings. The highest BCUT2D eigenvalue weighted by atomic mass is 16.5. The van der Waals surface area contributed by atoms with E-state index < -0.39 is 0 Å². The Morgan fingerprint density at radius 2 is 2.24 bits per heavy atom. The normalized spacial score (nSPS) is 10.2. The molecule has 7 nitrogen and oxygen atoms in total. The van der Waals surface area contributed by atoms with Crippen LogP contribution in [0.2, 0.25) is 0 Å². The Morgan fingerprint density at radius 1 is 1.35 bits per heavy atom. The van der Waals surface area contributed by atoms with Crippen molar-refractivity contribution in [3.05, 3.63) is 19.0 Å². The SMILES string of the molecule is CCCNc1ncnc(-n2cncn2)c1OC. The van der Waals surface area contributed by atoms with Crippen molar-refractivity contribution in [1.29, 1.82) is 0 Å². The second-order valence-electron chi connectivity index (χ2n) is 3.35. The molecule has 0 aliphatic rings. The molecule has 7 heteroatoms. The van der Waals surface area contributed by atoms with E-state index >= 15 is 0 Å². The van der Waals surface area contributed by atoms with Crippen LogP contribution in [0.1, 0.15) is 13.3 Å². The summed E-state index contributed by atoms with van der Waals surface area (Å²) in [5, 5.41) is 7.20. The summed E-state index contributed by atoms with van der Waals surface area (Å²) < 4.78 is 6.86. The van der Waals surface area contributed by atoms with Gasteiger partial charge in [0.2, 0.25) is 11.6 Å². The molecular formula is C10H14N6O. The Labute approximate surface area is 98.9 Å². The molecule has 2 aromatic rings. The van der Waals surface area contributed by atoms with E-state index in [0.717, 1.165) is 13.0 Å². The van der Waals surface area contributed by atoms with Crippen LogP contribution >= 0.6 is 0 Å². The molecule has 0 aliphatic heterocycles.